The zero-order valence-electron chi connectivity index (χ0n) is 7.86. The van der Waals surface area contributed by atoms with Gasteiger partial charge >= 0.3 is 0 Å². The van der Waals surface area contributed by atoms with Crippen molar-refractivity contribution in [3.8, 4) is 0 Å². The Morgan fingerprint density at radius 3 is 3.23 bits per heavy atom. The third kappa shape index (κ3) is 1.40. The van der Waals surface area contributed by atoms with E-state index in [0.717, 1.165) is 31.4 Å². The molecule has 3 heteroatoms. The molecule has 1 heterocycles. The van der Waals surface area contributed by atoms with Gasteiger partial charge in [-0.15, -0.1) is 0 Å². The minimum absolute atomic E-state index is 0.412. The van der Waals surface area contributed by atoms with Crippen molar-refractivity contribution in [2.45, 2.75) is 38.2 Å². The van der Waals surface area contributed by atoms with Crippen LogP contribution in [0.1, 0.15) is 38.3 Å². The largest absolute Gasteiger partial charge is 0.383 e. The summed E-state index contributed by atoms with van der Waals surface area (Å²) in [6.07, 6.45) is 4.21. The van der Waals surface area contributed by atoms with Crippen LogP contribution in [0.3, 0.4) is 0 Å². The van der Waals surface area contributed by atoms with Crippen molar-refractivity contribution in [2.24, 2.45) is 5.92 Å². The molecule has 1 aliphatic rings. The lowest BCUT2D eigenvalue weighted by molar-refractivity contribution is -0.00707. The van der Waals surface area contributed by atoms with Crippen molar-refractivity contribution in [1.82, 2.24) is 4.37 Å². The maximum Gasteiger partial charge on any atom is 0.110 e. The van der Waals surface area contributed by atoms with E-state index in [-0.39, 0.29) is 0 Å². The lowest BCUT2D eigenvalue weighted by Gasteiger charge is -2.27. The molecule has 0 radical (unpaired) electrons. The molecule has 2 unspecified atom stereocenters. The second-order valence-corrected chi connectivity index (χ2v) is 4.47. The summed E-state index contributed by atoms with van der Waals surface area (Å²) in [5.41, 5.74) is 0.274. The molecule has 1 aliphatic carbocycles. The zero-order valence-corrected chi connectivity index (χ0v) is 8.68. The van der Waals surface area contributed by atoms with Crippen molar-refractivity contribution in [1.29, 1.82) is 0 Å². The highest BCUT2D eigenvalue weighted by Gasteiger charge is 2.42. The second kappa shape index (κ2) is 3.39. The van der Waals surface area contributed by atoms with Gasteiger partial charge in [0.15, 0.2) is 0 Å². The summed E-state index contributed by atoms with van der Waals surface area (Å²) >= 11 is 1.43. The SMILES string of the molecule is CCC1CCCC1(O)c1ccsn1. The van der Waals surface area contributed by atoms with Crippen molar-refractivity contribution in [3.63, 3.8) is 0 Å². The molecule has 2 rings (SSSR count). The number of hydrogen-bond acceptors (Lipinski definition) is 3. The highest BCUT2D eigenvalue weighted by Crippen LogP contribution is 2.44. The number of aromatic nitrogens is 1. The quantitative estimate of drug-likeness (QED) is 0.790. The average Bonchev–Trinajstić information content (AvgIpc) is 2.72. The second-order valence-electron chi connectivity index (χ2n) is 3.81. The first kappa shape index (κ1) is 9.16. The topological polar surface area (TPSA) is 33.1 Å². The molecular formula is C10H15NOS. The fourth-order valence-corrected chi connectivity index (χ4v) is 2.96. The summed E-state index contributed by atoms with van der Waals surface area (Å²) in [7, 11) is 0. The van der Waals surface area contributed by atoms with Crippen LogP contribution in [0.15, 0.2) is 11.4 Å². The summed E-state index contributed by atoms with van der Waals surface area (Å²) in [6, 6.07) is 1.96. The van der Waals surface area contributed by atoms with Gasteiger partial charge in [0.2, 0.25) is 0 Å². The van der Waals surface area contributed by atoms with Gasteiger partial charge in [0.05, 0.1) is 5.69 Å². The highest BCUT2D eigenvalue weighted by atomic mass is 32.1. The molecule has 13 heavy (non-hydrogen) atoms. The fraction of sp³-hybridized carbons (Fsp3) is 0.700. The Balaban J connectivity index is 2.29. The Morgan fingerprint density at radius 2 is 2.62 bits per heavy atom. The standard InChI is InChI=1S/C10H15NOS/c1-2-8-4-3-6-10(8,12)9-5-7-13-11-9/h5,7-8,12H,2-4,6H2,1H3. The van der Waals surface area contributed by atoms with E-state index >= 15 is 0 Å². The van der Waals surface area contributed by atoms with Gasteiger partial charge in [-0.2, -0.15) is 4.37 Å². The first-order chi connectivity index (χ1) is 6.27. The van der Waals surface area contributed by atoms with Gasteiger partial charge in [-0.1, -0.05) is 13.3 Å². The van der Waals surface area contributed by atoms with Gasteiger partial charge in [-0.25, -0.2) is 0 Å². The predicted molar refractivity (Wildman–Crippen MR) is 53.6 cm³/mol. The molecule has 1 fully saturated rings. The molecule has 0 amide bonds. The Hall–Kier alpha value is -0.410. The van der Waals surface area contributed by atoms with Gasteiger partial charge in [-0.05, 0) is 42.8 Å². The van der Waals surface area contributed by atoms with Crippen molar-refractivity contribution >= 4 is 11.5 Å². The maximum atomic E-state index is 10.5. The van der Waals surface area contributed by atoms with Crippen LogP contribution in [0.25, 0.3) is 0 Å². The van der Waals surface area contributed by atoms with E-state index < -0.39 is 5.60 Å². The first-order valence-electron chi connectivity index (χ1n) is 4.90. The van der Waals surface area contributed by atoms with E-state index in [9.17, 15) is 5.11 Å². The monoisotopic (exact) mass is 197 g/mol. The Labute approximate surface area is 82.8 Å². The van der Waals surface area contributed by atoms with Gasteiger partial charge in [-0.3, -0.25) is 0 Å². The normalized spacial score (nSPS) is 33.8. The van der Waals surface area contributed by atoms with Gasteiger partial charge in [0.1, 0.15) is 5.60 Å². The zero-order chi connectivity index (χ0) is 9.31. The summed E-state index contributed by atoms with van der Waals surface area (Å²) in [5, 5.41) is 12.4. The van der Waals surface area contributed by atoms with Gasteiger partial charge < -0.3 is 5.11 Å². The van der Waals surface area contributed by atoms with Crippen LogP contribution in [0.2, 0.25) is 0 Å². The van der Waals surface area contributed by atoms with E-state index in [1.807, 2.05) is 11.4 Å². The molecule has 2 nitrogen and oxygen atoms in total. The van der Waals surface area contributed by atoms with E-state index in [0.29, 0.717) is 5.92 Å². The molecule has 1 N–H and O–H groups in total. The molecule has 0 spiro atoms. The maximum absolute atomic E-state index is 10.5. The van der Waals surface area contributed by atoms with Crippen LogP contribution >= 0.6 is 11.5 Å². The van der Waals surface area contributed by atoms with Crippen molar-refractivity contribution in [3.05, 3.63) is 17.1 Å². The van der Waals surface area contributed by atoms with Gasteiger partial charge in [0.25, 0.3) is 0 Å². The van der Waals surface area contributed by atoms with Crippen LogP contribution in [-0.2, 0) is 5.60 Å². The lowest BCUT2D eigenvalue weighted by Crippen LogP contribution is -2.30. The Morgan fingerprint density at radius 1 is 1.77 bits per heavy atom. The summed E-state index contributed by atoms with van der Waals surface area (Å²) in [5.74, 6) is 0.412. The minimum atomic E-state index is -0.616. The summed E-state index contributed by atoms with van der Waals surface area (Å²) < 4.78 is 4.26. The fourth-order valence-electron chi connectivity index (χ4n) is 2.38. The van der Waals surface area contributed by atoms with Crippen LogP contribution in [0, 0.1) is 5.92 Å². The number of aliphatic hydroxyl groups is 1. The van der Waals surface area contributed by atoms with E-state index in [4.69, 9.17) is 0 Å². The molecule has 0 saturated heterocycles. The van der Waals surface area contributed by atoms with Crippen molar-refractivity contribution < 1.29 is 5.11 Å². The average molecular weight is 197 g/mol. The summed E-state index contributed by atoms with van der Waals surface area (Å²) in [6.45, 7) is 2.15. The Kier molecular flexibility index (Phi) is 2.39. The summed E-state index contributed by atoms with van der Waals surface area (Å²) in [4.78, 5) is 0. The van der Waals surface area contributed by atoms with Crippen LogP contribution in [-0.4, -0.2) is 9.48 Å². The van der Waals surface area contributed by atoms with E-state index in [1.165, 1.54) is 11.5 Å². The van der Waals surface area contributed by atoms with Gasteiger partial charge in [0, 0.05) is 5.38 Å². The van der Waals surface area contributed by atoms with Crippen LogP contribution in [0.5, 0.6) is 0 Å². The molecular weight excluding hydrogens is 182 g/mol. The number of rotatable bonds is 2. The lowest BCUT2D eigenvalue weighted by atomic mass is 9.86. The molecule has 0 bridgehead atoms. The third-order valence-corrected chi connectivity index (χ3v) is 3.72. The predicted octanol–water partition coefficient (Wildman–Crippen LogP) is 2.54. The van der Waals surface area contributed by atoms with E-state index in [2.05, 4.69) is 11.3 Å². The molecule has 0 aliphatic heterocycles. The molecule has 2 atom stereocenters. The third-order valence-electron chi connectivity index (χ3n) is 3.16. The molecule has 1 saturated carbocycles. The van der Waals surface area contributed by atoms with Crippen molar-refractivity contribution in [2.75, 3.05) is 0 Å². The molecule has 1 aromatic heterocycles. The Bertz CT molecular complexity index is 272. The number of hydrogen-bond donors (Lipinski definition) is 1. The van der Waals surface area contributed by atoms with Crippen LogP contribution < -0.4 is 0 Å². The first-order valence-corrected chi connectivity index (χ1v) is 5.74. The van der Waals surface area contributed by atoms with Crippen LogP contribution in [0.4, 0.5) is 0 Å². The smallest absolute Gasteiger partial charge is 0.110 e. The van der Waals surface area contributed by atoms with E-state index in [1.54, 1.807) is 0 Å². The molecule has 1 aromatic rings. The number of nitrogens with zero attached hydrogens (tertiary/aromatic N) is 1. The molecule has 0 aromatic carbocycles. The molecule has 72 valence electrons. The highest BCUT2D eigenvalue weighted by molar-refractivity contribution is 7.03. The minimum Gasteiger partial charge on any atom is -0.383 e.